The second-order valence-electron chi connectivity index (χ2n) is 2.44. The Labute approximate surface area is 77.0 Å². The van der Waals surface area contributed by atoms with Gasteiger partial charge in [0.1, 0.15) is 6.61 Å². The van der Waals surface area contributed by atoms with Gasteiger partial charge in [-0.05, 0) is 0 Å². The molecular formula is C6H8O8. The summed E-state index contributed by atoms with van der Waals surface area (Å²) in [7, 11) is 0. The second-order valence-corrected chi connectivity index (χ2v) is 2.44. The molecule has 0 aliphatic rings. The van der Waals surface area contributed by atoms with Crippen LogP contribution < -0.4 is 0 Å². The fourth-order valence-corrected chi connectivity index (χ4v) is 0.526. The lowest BCUT2D eigenvalue weighted by Gasteiger charge is -2.22. The van der Waals surface area contributed by atoms with Crippen LogP contribution in [-0.4, -0.2) is 61.6 Å². The lowest BCUT2D eigenvalue weighted by Crippen LogP contribution is -2.52. The predicted octanol–water partition coefficient (Wildman–Crippen LogP) is -3.76. The molecule has 8 heteroatoms. The van der Waals surface area contributed by atoms with Crippen molar-refractivity contribution in [2.45, 2.75) is 11.9 Å². The molecule has 0 spiro atoms. The van der Waals surface area contributed by atoms with Crippen LogP contribution in [0.4, 0.5) is 0 Å². The zero-order valence-corrected chi connectivity index (χ0v) is 6.75. The average Bonchev–Trinajstić information content (AvgIpc) is 2.14. The van der Waals surface area contributed by atoms with Crippen molar-refractivity contribution in [1.82, 2.24) is 0 Å². The first-order chi connectivity index (χ1) is 6.24. The summed E-state index contributed by atoms with van der Waals surface area (Å²) in [5.74, 6) is -9.29. The van der Waals surface area contributed by atoms with E-state index in [0.717, 1.165) is 0 Å². The van der Waals surface area contributed by atoms with Crippen LogP contribution >= 0.6 is 0 Å². The minimum Gasteiger partial charge on any atom is -0.475 e. The van der Waals surface area contributed by atoms with Gasteiger partial charge in [-0.3, -0.25) is 9.59 Å². The molecule has 0 aromatic carbocycles. The number of ketones is 2. The van der Waals surface area contributed by atoms with E-state index in [1.54, 1.807) is 0 Å². The predicted molar refractivity (Wildman–Crippen MR) is 37.9 cm³/mol. The lowest BCUT2D eigenvalue weighted by molar-refractivity contribution is -0.237. The van der Waals surface area contributed by atoms with Gasteiger partial charge in [0.05, 0.1) is 0 Å². The van der Waals surface area contributed by atoms with E-state index in [9.17, 15) is 14.4 Å². The molecule has 0 bridgehead atoms. The van der Waals surface area contributed by atoms with Gasteiger partial charge in [0.2, 0.25) is 11.6 Å². The van der Waals surface area contributed by atoms with Gasteiger partial charge in [-0.1, -0.05) is 0 Å². The molecule has 0 aromatic rings. The summed E-state index contributed by atoms with van der Waals surface area (Å²) >= 11 is 0. The molecule has 0 saturated carbocycles. The Balaban J connectivity index is 4.72. The molecule has 0 aliphatic carbocycles. The molecule has 0 amide bonds. The Hall–Kier alpha value is -1.35. The molecule has 0 radical (unpaired) electrons. The second kappa shape index (κ2) is 4.24. The number of carbonyl (C=O) groups excluding carboxylic acids is 2. The van der Waals surface area contributed by atoms with Crippen LogP contribution in [0.25, 0.3) is 0 Å². The van der Waals surface area contributed by atoms with Crippen molar-refractivity contribution in [3.63, 3.8) is 0 Å². The molecule has 0 fully saturated rings. The summed E-state index contributed by atoms with van der Waals surface area (Å²) in [4.78, 5) is 31.1. The third-order valence-electron chi connectivity index (χ3n) is 1.34. The Morgan fingerprint density at radius 3 is 1.93 bits per heavy atom. The lowest BCUT2D eigenvalue weighted by atomic mass is 10.0. The number of carboxylic acids is 1. The first kappa shape index (κ1) is 12.7. The number of hydrogen-bond donors (Lipinski definition) is 5. The smallest absolute Gasteiger partial charge is 0.380 e. The number of aliphatic carboxylic acids is 1. The van der Waals surface area contributed by atoms with Crippen LogP contribution in [0, 0.1) is 0 Å². The monoisotopic (exact) mass is 208 g/mol. The van der Waals surface area contributed by atoms with Gasteiger partial charge < -0.3 is 25.5 Å². The van der Waals surface area contributed by atoms with E-state index in [2.05, 4.69) is 0 Å². The highest BCUT2D eigenvalue weighted by atomic mass is 16.5. The van der Waals surface area contributed by atoms with E-state index in [0.29, 0.717) is 0 Å². The molecule has 0 saturated heterocycles. The van der Waals surface area contributed by atoms with Gasteiger partial charge in [-0.2, -0.15) is 0 Å². The zero-order chi connectivity index (χ0) is 11.5. The standard InChI is InChI=1S/C6H8O8/c7-1-6(13,14)4(10)2(8)3(9)5(11)12/h4,7,10,13-14H,1H2,(H,11,12). The molecule has 5 N–H and O–H groups in total. The SMILES string of the molecule is O=C(O)C(=O)C(=O)C(O)C(O)(O)CO. The van der Waals surface area contributed by atoms with Crippen LogP contribution in [0.1, 0.15) is 0 Å². The zero-order valence-electron chi connectivity index (χ0n) is 6.75. The fraction of sp³-hybridized carbons (Fsp3) is 0.500. The molecule has 1 atom stereocenters. The molecule has 0 aliphatic heterocycles. The summed E-state index contributed by atoms with van der Waals surface area (Å²) in [6, 6.07) is 0. The molecule has 8 nitrogen and oxygen atoms in total. The first-order valence-electron chi connectivity index (χ1n) is 3.29. The number of aliphatic hydroxyl groups excluding tert-OH is 2. The number of rotatable bonds is 5. The minimum atomic E-state index is -3.23. The molecule has 0 heterocycles. The molecule has 0 rings (SSSR count). The number of carbonyl (C=O) groups is 3. The number of Topliss-reactive ketones (excluding diaryl/α,β-unsaturated/α-hetero) is 2. The fourth-order valence-electron chi connectivity index (χ4n) is 0.526. The highest BCUT2D eigenvalue weighted by Gasteiger charge is 2.42. The normalized spacial score (nSPS) is 13.4. The maximum absolute atomic E-state index is 10.7. The van der Waals surface area contributed by atoms with E-state index in [1.165, 1.54) is 0 Å². The van der Waals surface area contributed by atoms with Crippen molar-refractivity contribution in [3.05, 3.63) is 0 Å². The highest BCUT2D eigenvalue weighted by molar-refractivity contribution is 6.62. The third kappa shape index (κ3) is 2.57. The highest BCUT2D eigenvalue weighted by Crippen LogP contribution is 2.07. The van der Waals surface area contributed by atoms with Crippen molar-refractivity contribution in [3.8, 4) is 0 Å². The largest absolute Gasteiger partial charge is 0.475 e. The van der Waals surface area contributed by atoms with Crippen molar-refractivity contribution < 1.29 is 39.9 Å². The topological polar surface area (TPSA) is 152 Å². The van der Waals surface area contributed by atoms with Crippen LogP contribution in [0.3, 0.4) is 0 Å². The maximum atomic E-state index is 10.7. The van der Waals surface area contributed by atoms with Gasteiger partial charge in [-0.15, -0.1) is 0 Å². The molecule has 0 aromatic heterocycles. The van der Waals surface area contributed by atoms with Crippen molar-refractivity contribution in [1.29, 1.82) is 0 Å². The summed E-state index contributed by atoms with van der Waals surface area (Å²) in [6.07, 6.45) is -2.70. The van der Waals surface area contributed by atoms with E-state index in [-0.39, 0.29) is 0 Å². The minimum absolute atomic E-state index is 1.42. The summed E-state index contributed by atoms with van der Waals surface area (Å²) in [6.45, 7) is -1.42. The van der Waals surface area contributed by atoms with E-state index in [4.69, 9.17) is 25.5 Å². The third-order valence-corrected chi connectivity index (χ3v) is 1.34. The van der Waals surface area contributed by atoms with Gasteiger partial charge in [0.25, 0.3) is 0 Å². The van der Waals surface area contributed by atoms with E-state index < -0.39 is 36.0 Å². The van der Waals surface area contributed by atoms with Crippen LogP contribution in [-0.2, 0) is 14.4 Å². The average molecular weight is 208 g/mol. The van der Waals surface area contributed by atoms with Gasteiger partial charge in [0, 0.05) is 0 Å². The van der Waals surface area contributed by atoms with Crippen LogP contribution in [0.2, 0.25) is 0 Å². The summed E-state index contributed by atoms with van der Waals surface area (Å²) < 4.78 is 0. The summed E-state index contributed by atoms with van der Waals surface area (Å²) in [5.41, 5.74) is 0. The van der Waals surface area contributed by atoms with Gasteiger partial charge in [0.15, 0.2) is 6.10 Å². The first-order valence-corrected chi connectivity index (χ1v) is 3.29. The Morgan fingerprint density at radius 1 is 1.21 bits per heavy atom. The van der Waals surface area contributed by atoms with E-state index >= 15 is 0 Å². The molecule has 14 heavy (non-hydrogen) atoms. The molecule has 1 unspecified atom stereocenters. The van der Waals surface area contributed by atoms with Crippen LogP contribution in [0.15, 0.2) is 0 Å². The molecular weight excluding hydrogens is 200 g/mol. The van der Waals surface area contributed by atoms with E-state index in [1.807, 2.05) is 0 Å². The van der Waals surface area contributed by atoms with Gasteiger partial charge >= 0.3 is 11.8 Å². The van der Waals surface area contributed by atoms with Gasteiger partial charge in [-0.25, -0.2) is 4.79 Å². The Bertz CT molecular complexity index is 267. The summed E-state index contributed by atoms with van der Waals surface area (Å²) in [5, 5.41) is 42.4. The number of carboxylic acid groups (broad SMARTS) is 1. The van der Waals surface area contributed by atoms with Crippen LogP contribution in [0.5, 0.6) is 0 Å². The Kier molecular flexibility index (Phi) is 3.83. The molecule has 80 valence electrons. The number of hydrogen-bond acceptors (Lipinski definition) is 7. The van der Waals surface area contributed by atoms with Crippen molar-refractivity contribution in [2.75, 3.05) is 6.61 Å². The maximum Gasteiger partial charge on any atom is 0.380 e. The Morgan fingerprint density at radius 2 is 1.64 bits per heavy atom. The van der Waals surface area contributed by atoms with Crippen molar-refractivity contribution in [2.24, 2.45) is 0 Å². The number of aliphatic hydroxyl groups is 4. The quantitative estimate of drug-likeness (QED) is 0.175. The van der Waals surface area contributed by atoms with Crippen molar-refractivity contribution >= 4 is 17.5 Å².